The molecule has 0 amide bonds. The lowest BCUT2D eigenvalue weighted by molar-refractivity contribution is 0.109. The summed E-state index contributed by atoms with van der Waals surface area (Å²) in [5, 5.41) is 2.05. The molecule has 0 aliphatic carbocycles. The SMILES string of the molecule is Nc1ccccc1COCc1cccs1. The van der Waals surface area contributed by atoms with Crippen LogP contribution < -0.4 is 5.73 Å². The molecule has 15 heavy (non-hydrogen) atoms. The molecule has 1 aromatic carbocycles. The summed E-state index contributed by atoms with van der Waals surface area (Å²) >= 11 is 1.71. The topological polar surface area (TPSA) is 35.2 Å². The highest BCUT2D eigenvalue weighted by Gasteiger charge is 1.98. The second-order valence-electron chi connectivity index (χ2n) is 3.27. The molecule has 2 nitrogen and oxygen atoms in total. The monoisotopic (exact) mass is 219 g/mol. The fourth-order valence-corrected chi connectivity index (χ4v) is 1.96. The highest BCUT2D eigenvalue weighted by molar-refractivity contribution is 7.09. The number of rotatable bonds is 4. The molecule has 2 aromatic rings. The lowest BCUT2D eigenvalue weighted by Gasteiger charge is -2.05. The quantitative estimate of drug-likeness (QED) is 0.802. The Bertz CT molecular complexity index is 411. The Morgan fingerprint density at radius 3 is 2.67 bits per heavy atom. The van der Waals surface area contributed by atoms with Crippen molar-refractivity contribution in [2.45, 2.75) is 13.2 Å². The molecule has 78 valence electrons. The first-order valence-electron chi connectivity index (χ1n) is 4.80. The molecule has 0 saturated carbocycles. The van der Waals surface area contributed by atoms with Crippen molar-refractivity contribution in [2.75, 3.05) is 5.73 Å². The van der Waals surface area contributed by atoms with Crippen LogP contribution >= 0.6 is 11.3 Å². The van der Waals surface area contributed by atoms with E-state index in [9.17, 15) is 0 Å². The van der Waals surface area contributed by atoms with Gasteiger partial charge in [-0.15, -0.1) is 11.3 Å². The number of hydrogen-bond donors (Lipinski definition) is 1. The van der Waals surface area contributed by atoms with E-state index < -0.39 is 0 Å². The normalized spacial score (nSPS) is 10.4. The Labute approximate surface area is 93.3 Å². The van der Waals surface area contributed by atoms with Crippen LogP contribution in [0.5, 0.6) is 0 Å². The minimum Gasteiger partial charge on any atom is -0.398 e. The Hall–Kier alpha value is -1.32. The van der Waals surface area contributed by atoms with Gasteiger partial charge in [0.05, 0.1) is 13.2 Å². The predicted molar refractivity (Wildman–Crippen MR) is 63.7 cm³/mol. The molecule has 0 bridgehead atoms. The maximum Gasteiger partial charge on any atom is 0.0813 e. The van der Waals surface area contributed by atoms with E-state index in [4.69, 9.17) is 10.5 Å². The molecule has 1 aromatic heterocycles. The summed E-state index contributed by atoms with van der Waals surface area (Å²) in [6.07, 6.45) is 0. The molecular formula is C12H13NOS. The molecule has 2 N–H and O–H groups in total. The summed E-state index contributed by atoms with van der Waals surface area (Å²) < 4.78 is 5.58. The second kappa shape index (κ2) is 4.96. The average Bonchev–Trinajstić information content (AvgIpc) is 2.74. The molecule has 0 unspecified atom stereocenters. The first kappa shape index (κ1) is 10.2. The van der Waals surface area contributed by atoms with Crippen LogP contribution in [0.1, 0.15) is 10.4 Å². The summed E-state index contributed by atoms with van der Waals surface area (Å²) in [6, 6.07) is 11.9. The third-order valence-electron chi connectivity index (χ3n) is 2.14. The van der Waals surface area contributed by atoms with Crippen molar-refractivity contribution in [1.82, 2.24) is 0 Å². The van der Waals surface area contributed by atoms with Gasteiger partial charge in [0.2, 0.25) is 0 Å². The molecule has 0 aliphatic rings. The second-order valence-corrected chi connectivity index (χ2v) is 4.30. The van der Waals surface area contributed by atoms with Gasteiger partial charge < -0.3 is 10.5 Å². The van der Waals surface area contributed by atoms with Crippen molar-refractivity contribution >= 4 is 17.0 Å². The maximum absolute atomic E-state index is 5.80. The van der Waals surface area contributed by atoms with E-state index in [1.165, 1.54) is 4.88 Å². The minimum absolute atomic E-state index is 0.574. The van der Waals surface area contributed by atoms with Crippen LogP contribution in [-0.4, -0.2) is 0 Å². The van der Waals surface area contributed by atoms with Gasteiger partial charge in [0.15, 0.2) is 0 Å². The molecule has 0 radical (unpaired) electrons. The third-order valence-corrected chi connectivity index (χ3v) is 2.99. The van der Waals surface area contributed by atoms with Crippen molar-refractivity contribution in [2.24, 2.45) is 0 Å². The maximum atomic E-state index is 5.80. The largest absolute Gasteiger partial charge is 0.398 e. The number of ether oxygens (including phenoxy) is 1. The fraction of sp³-hybridized carbons (Fsp3) is 0.167. The van der Waals surface area contributed by atoms with Crippen molar-refractivity contribution in [1.29, 1.82) is 0 Å². The van der Waals surface area contributed by atoms with Gasteiger partial charge in [0.1, 0.15) is 0 Å². The molecule has 0 spiro atoms. The Balaban J connectivity index is 1.86. The van der Waals surface area contributed by atoms with E-state index in [2.05, 4.69) is 11.4 Å². The first-order valence-corrected chi connectivity index (χ1v) is 5.68. The fourth-order valence-electron chi connectivity index (χ4n) is 1.32. The van der Waals surface area contributed by atoms with Crippen molar-refractivity contribution < 1.29 is 4.74 Å². The van der Waals surface area contributed by atoms with Crippen LogP contribution in [-0.2, 0) is 18.0 Å². The molecule has 0 fully saturated rings. The number of benzene rings is 1. The predicted octanol–water partition coefficient (Wildman–Crippen LogP) is 3.05. The van der Waals surface area contributed by atoms with Gasteiger partial charge in [-0.1, -0.05) is 24.3 Å². The number of para-hydroxylation sites is 1. The number of nitrogens with two attached hydrogens (primary N) is 1. The zero-order valence-electron chi connectivity index (χ0n) is 8.35. The molecular weight excluding hydrogens is 206 g/mol. The zero-order chi connectivity index (χ0) is 10.5. The Morgan fingerprint density at radius 1 is 1.07 bits per heavy atom. The average molecular weight is 219 g/mol. The standard InChI is InChI=1S/C12H13NOS/c13-12-6-2-1-4-10(12)8-14-9-11-5-3-7-15-11/h1-7H,8-9,13H2. The van der Waals surface area contributed by atoms with E-state index in [1.54, 1.807) is 11.3 Å². The number of nitrogen functional groups attached to an aromatic ring is 1. The summed E-state index contributed by atoms with van der Waals surface area (Å²) in [5.74, 6) is 0. The molecule has 3 heteroatoms. The number of thiophene rings is 1. The van der Waals surface area contributed by atoms with E-state index in [0.29, 0.717) is 13.2 Å². The summed E-state index contributed by atoms with van der Waals surface area (Å²) in [6.45, 7) is 1.23. The molecule has 1 heterocycles. The van der Waals surface area contributed by atoms with Crippen LogP contribution in [0.3, 0.4) is 0 Å². The lowest BCUT2D eigenvalue weighted by atomic mass is 10.2. The number of anilines is 1. The Morgan fingerprint density at radius 2 is 1.93 bits per heavy atom. The van der Waals surface area contributed by atoms with Crippen LogP contribution in [0.15, 0.2) is 41.8 Å². The van der Waals surface area contributed by atoms with E-state index >= 15 is 0 Å². The van der Waals surface area contributed by atoms with Gasteiger partial charge >= 0.3 is 0 Å². The van der Waals surface area contributed by atoms with Gasteiger partial charge in [-0.3, -0.25) is 0 Å². The van der Waals surface area contributed by atoms with E-state index in [1.807, 2.05) is 30.3 Å². The summed E-state index contributed by atoms with van der Waals surface area (Å²) in [7, 11) is 0. The van der Waals surface area contributed by atoms with Crippen LogP contribution in [0.4, 0.5) is 5.69 Å². The van der Waals surface area contributed by atoms with Crippen LogP contribution in [0, 0.1) is 0 Å². The van der Waals surface area contributed by atoms with Gasteiger partial charge in [-0.2, -0.15) is 0 Å². The van der Waals surface area contributed by atoms with Crippen LogP contribution in [0.25, 0.3) is 0 Å². The molecule has 0 saturated heterocycles. The first-order chi connectivity index (χ1) is 7.36. The summed E-state index contributed by atoms with van der Waals surface area (Å²) in [4.78, 5) is 1.24. The van der Waals surface area contributed by atoms with Gasteiger partial charge in [-0.05, 0) is 17.5 Å². The van der Waals surface area contributed by atoms with Gasteiger partial charge in [0.25, 0.3) is 0 Å². The lowest BCUT2D eigenvalue weighted by Crippen LogP contribution is -1.97. The van der Waals surface area contributed by atoms with E-state index in [0.717, 1.165) is 11.3 Å². The van der Waals surface area contributed by atoms with Crippen molar-refractivity contribution in [3.63, 3.8) is 0 Å². The molecule has 0 aliphatic heterocycles. The minimum atomic E-state index is 0.574. The van der Waals surface area contributed by atoms with Gasteiger partial charge in [0, 0.05) is 16.1 Å². The zero-order valence-corrected chi connectivity index (χ0v) is 9.17. The highest BCUT2D eigenvalue weighted by Crippen LogP contribution is 2.14. The van der Waals surface area contributed by atoms with Gasteiger partial charge in [-0.25, -0.2) is 0 Å². The van der Waals surface area contributed by atoms with Crippen molar-refractivity contribution in [3.8, 4) is 0 Å². The Kier molecular flexibility index (Phi) is 3.37. The highest BCUT2D eigenvalue weighted by atomic mass is 32.1. The molecule has 0 atom stereocenters. The van der Waals surface area contributed by atoms with Crippen molar-refractivity contribution in [3.05, 3.63) is 52.2 Å². The smallest absolute Gasteiger partial charge is 0.0813 e. The number of hydrogen-bond acceptors (Lipinski definition) is 3. The van der Waals surface area contributed by atoms with Crippen LogP contribution in [0.2, 0.25) is 0 Å². The third kappa shape index (κ3) is 2.81. The molecule has 2 rings (SSSR count). The van der Waals surface area contributed by atoms with E-state index in [-0.39, 0.29) is 0 Å². The summed E-state index contributed by atoms with van der Waals surface area (Å²) in [5.41, 5.74) is 7.65.